The van der Waals surface area contributed by atoms with Crippen LogP contribution in [0.15, 0.2) is 0 Å². The molecular weight excluding hydrogens is 234 g/mol. The summed E-state index contributed by atoms with van der Waals surface area (Å²) in [5, 5.41) is 12.0. The number of carboxylic acid groups (broad SMARTS) is 1. The van der Waals surface area contributed by atoms with Gasteiger partial charge in [0.15, 0.2) is 0 Å². The minimum atomic E-state index is -0.809. The van der Waals surface area contributed by atoms with Gasteiger partial charge in [-0.2, -0.15) is 0 Å². The predicted molar refractivity (Wildman–Crippen MR) is 67.3 cm³/mol. The van der Waals surface area contributed by atoms with E-state index in [9.17, 15) is 14.7 Å². The molecule has 2 atom stereocenters. The number of ether oxygens (including phenoxy) is 1. The van der Waals surface area contributed by atoms with Gasteiger partial charge in [-0.3, -0.25) is 9.59 Å². The zero-order valence-corrected chi connectivity index (χ0v) is 11.0. The molecule has 0 aliphatic heterocycles. The van der Waals surface area contributed by atoms with Crippen LogP contribution in [0, 0.1) is 5.92 Å². The van der Waals surface area contributed by atoms with E-state index in [4.69, 9.17) is 4.74 Å². The van der Waals surface area contributed by atoms with E-state index < -0.39 is 11.9 Å². The second-order valence-corrected chi connectivity index (χ2v) is 4.81. The maximum atomic E-state index is 11.6. The lowest BCUT2D eigenvalue weighted by atomic mass is 9.95. The molecule has 2 unspecified atom stereocenters. The molecule has 5 nitrogen and oxygen atoms in total. The monoisotopic (exact) mass is 257 g/mol. The number of hydrogen-bond acceptors (Lipinski definition) is 3. The Balaban J connectivity index is 2.44. The molecule has 1 fully saturated rings. The summed E-state index contributed by atoms with van der Waals surface area (Å²) in [5.74, 6) is -1.47. The number of nitrogens with one attached hydrogen (secondary N) is 1. The average Bonchev–Trinajstić information content (AvgIpc) is 2.55. The van der Waals surface area contributed by atoms with Crippen molar-refractivity contribution in [3.8, 4) is 0 Å². The van der Waals surface area contributed by atoms with Gasteiger partial charge in [-0.15, -0.1) is 0 Å². The van der Waals surface area contributed by atoms with Crippen LogP contribution < -0.4 is 5.32 Å². The minimum Gasteiger partial charge on any atom is -0.481 e. The molecule has 18 heavy (non-hydrogen) atoms. The van der Waals surface area contributed by atoms with Crippen LogP contribution in [-0.4, -0.2) is 36.2 Å². The summed E-state index contributed by atoms with van der Waals surface area (Å²) in [6.07, 6.45) is 5.21. The number of carboxylic acids is 1. The lowest BCUT2D eigenvalue weighted by molar-refractivity contribution is -0.143. The number of rotatable bonds is 6. The van der Waals surface area contributed by atoms with Crippen LogP contribution in [0.4, 0.5) is 0 Å². The van der Waals surface area contributed by atoms with Crippen molar-refractivity contribution in [2.75, 3.05) is 13.2 Å². The van der Waals surface area contributed by atoms with Crippen LogP contribution in [0.1, 0.15) is 45.4 Å². The maximum absolute atomic E-state index is 11.6. The lowest BCUT2D eigenvalue weighted by Crippen LogP contribution is -2.44. The number of amides is 1. The Hall–Kier alpha value is -1.10. The molecule has 0 spiro atoms. The number of aliphatic carboxylic acids is 1. The van der Waals surface area contributed by atoms with Crippen LogP contribution in [-0.2, 0) is 14.3 Å². The third-order valence-electron chi connectivity index (χ3n) is 3.26. The van der Waals surface area contributed by atoms with E-state index in [0.29, 0.717) is 13.0 Å². The fraction of sp³-hybridized carbons (Fsp3) is 0.846. The van der Waals surface area contributed by atoms with Crippen LogP contribution in [0.3, 0.4) is 0 Å². The Morgan fingerprint density at radius 3 is 2.67 bits per heavy atom. The van der Waals surface area contributed by atoms with Crippen molar-refractivity contribution in [1.82, 2.24) is 5.32 Å². The molecule has 0 aromatic carbocycles. The number of carbonyl (C=O) groups excluding carboxylic acids is 1. The van der Waals surface area contributed by atoms with Crippen LogP contribution >= 0.6 is 0 Å². The first kappa shape index (κ1) is 15.0. The van der Waals surface area contributed by atoms with Gasteiger partial charge in [0.05, 0.1) is 5.92 Å². The summed E-state index contributed by atoms with van der Waals surface area (Å²) >= 11 is 0. The van der Waals surface area contributed by atoms with E-state index in [1.54, 1.807) is 0 Å². The fourth-order valence-electron chi connectivity index (χ4n) is 2.33. The van der Waals surface area contributed by atoms with Crippen molar-refractivity contribution >= 4 is 11.9 Å². The molecule has 5 heteroatoms. The Labute approximate surface area is 108 Å². The van der Waals surface area contributed by atoms with Gasteiger partial charge in [-0.1, -0.05) is 26.2 Å². The van der Waals surface area contributed by atoms with Crippen molar-refractivity contribution in [2.24, 2.45) is 5.92 Å². The summed E-state index contributed by atoms with van der Waals surface area (Å²) in [5.41, 5.74) is 0. The standard InChI is InChI=1S/C13H23NO4/c1-2-8-18-9-12(15)14-11-7-5-3-4-6-10(11)13(16)17/h10-11H,2-9H2,1H3,(H,14,15)(H,16,17). The highest BCUT2D eigenvalue weighted by molar-refractivity contribution is 5.79. The molecule has 0 radical (unpaired) electrons. The summed E-state index contributed by atoms with van der Waals surface area (Å²) in [6.45, 7) is 2.56. The molecule has 0 aromatic rings. The molecule has 1 aliphatic carbocycles. The summed E-state index contributed by atoms with van der Waals surface area (Å²) in [6, 6.07) is -0.247. The Kier molecular flexibility index (Phi) is 6.72. The van der Waals surface area contributed by atoms with Gasteiger partial charge in [-0.25, -0.2) is 0 Å². The molecular formula is C13H23NO4. The summed E-state index contributed by atoms with van der Waals surface area (Å²) in [4.78, 5) is 22.8. The third-order valence-corrected chi connectivity index (χ3v) is 3.26. The van der Waals surface area contributed by atoms with E-state index >= 15 is 0 Å². The first-order valence-corrected chi connectivity index (χ1v) is 6.75. The smallest absolute Gasteiger partial charge is 0.308 e. The zero-order valence-electron chi connectivity index (χ0n) is 11.0. The second-order valence-electron chi connectivity index (χ2n) is 4.81. The molecule has 1 amide bonds. The molecule has 0 aromatic heterocycles. The first-order valence-electron chi connectivity index (χ1n) is 6.75. The second kappa shape index (κ2) is 8.08. The topological polar surface area (TPSA) is 75.6 Å². The molecule has 104 valence electrons. The highest BCUT2D eigenvalue weighted by atomic mass is 16.5. The van der Waals surface area contributed by atoms with E-state index in [1.165, 1.54) is 0 Å². The van der Waals surface area contributed by atoms with Crippen molar-refractivity contribution in [3.05, 3.63) is 0 Å². The van der Waals surface area contributed by atoms with Crippen LogP contribution in [0.2, 0.25) is 0 Å². The van der Waals surface area contributed by atoms with Gasteiger partial charge < -0.3 is 15.2 Å². The zero-order chi connectivity index (χ0) is 13.4. The van der Waals surface area contributed by atoms with Gasteiger partial charge in [0, 0.05) is 12.6 Å². The Morgan fingerprint density at radius 1 is 1.28 bits per heavy atom. The van der Waals surface area contributed by atoms with E-state index in [0.717, 1.165) is 32.1 Å². The average molecular weight is 257 g/mol. The van der Waals surface area contributed by atoms with Crippen molar-refractivity contribution in [1.29, 1.82) is 0 Å². The minimum absolute atomic E-state index is 0.0245. The van der Waals surface area contributed by atoms with E-state index in [2.05, 4.69) is 5.32 Å². The third kappa shape index (κ3) is 5.04. The van der Waals surface area contributed by atoms with E-state index in [1.807, 2.05) is 6.92 Å². The highest BCUT2D eigenvalue weighted by Crippen LogP contribution is 2.23. The van der Waals surface area contributed by atoms with Gasteiger partial charge in [-0.05, 0) is 19.3 Å². The molecule has 0 saturated heterocycles. The van der Waals surface area contributed by atoms with Crippen LogP contribution in [0.5, 0.6) is 0 Å². The molecule has 0 heterocycles. The lowest BCUT2D eigenvalue weighted by Gasteiger charge is -2.22. The number of hydrogen-bond donors (Lipinski definition) is 2. The van der Waals surface area contributed by atoms with Crippen LogP contribution in [0.25, 0.3) is 0 Å². The predicted octanol–water partition coefficient (Wildman–Crippen LogP) is 1.56. The Morgan fingerprint density at radius 2 is 2.00 bits per heavy atom. The molecule has 1 saturated carbocycles. The Bertz CT molecular complexity index is 280. The first-order chi connectivity index (χ1) is 8.65. The molecule has 1 aliphatic rings. The van der Waals surface area contributed by atoms with Gasteiger partial charge >= 0.3 is 5.97 Å². The summed E-state index contributed by atoms with van der Waals surface area (Å²) < 4.78 is 5.15. The van der Waals surface area contributed by atoms with Crippen molar-refractivity contribution in [3.63, 3.8) is 0 Å². The summed E-state index contributed by atoms with van der Waals surface area (Å²) in [7, 11) is 0. The number of carbonyl (C=O) groups is 2. The molecule has 2 N–H and O–H groups in total. The molecule has 1 rings (SSSR count). The van der Waals surface area contributed by atoms with E-state index in [-0.39, 0.29) is 18.6 Å². The SMILES string of the molecule is CCCOCC(=O)NC1CCCCCC1C(=O)O. The van der Waals surface area contributed by atoms with Gasteiger partial charge in [0.2, 0.25) is 5.91 Å². The largest absolute Gasteiger partial charge is 0.481 e. The fourth-order valence-corrected chi connectivity index (χ4v) is 2.33. The van der Waals surface area contributed by atoms with Gasteiger partial charge in [0.1, 0.15) is 6.61 Å². The van der Waals surface area contributed by atoms with Crippen molar-refractivity contribution < 1.29 is 19.4 Å². The normalized spacial score (nSPS) is 24.3. The highest BCUT2D eigenvalue weighted by Gasteiger charge is 2.30. The quantitative estimate of drug-likeness (QED) is 0.559. The van der Waals surface area contributed by atoms with Crippen molar-refractivity contribution in [2.45, 2.75) is 51.5 Å². The maximum Gasteiger partial charge on any atom is 0.308 e. The molecule has 0 bridgehead atoms. The van der Waals surface area contributed by atoms with Gasteiger partial charge in [0.25, 0.3) is 0 Å².